The van der Waals surface area contributed by atoms with E-state index in [1.165, 1.54) is 22.7 Å². The molecule has 1 fully saturated rings. The molecule has 0 unspecified atom stereocenters. The van der Waals surface area contributed by atoms with Crippen molar-refractivity contribution in [3.05, 3.63) is 143 Å². The Labute approximate surface area is 358 Å². The third kappa shape index (κ3) is 9.52. The van der Waals surface area contributed by atoms with Crippen molar-refractivity contribution in [2.45, 2.75) is 45.9 Å². The zero-order valence-electron chi connectivity index (χ0n) is 32.9. The van der Waals surface area contributed by atoms with Gasteiger partial charge in [0.2, 0.25) is 0 Å². The second-order valence-corrected chi connectivity index (χ2v) is 20.6. The molecule has 0 spiro atoms. The van der Waals surface area contributed by atoms with Crippen molar-refractivity contribution in [3.63, 3.8) is 0 Å². The zero-order chi connectivity index (χ0) is 42.3. The first kappa shape index (κ1) is 42.4. The molecule has 16 heteroatoms. The number of thiophene rings is 2. The van der Waals surface area contributed by atoms with Crippen LogP contribution in [0.2, 0.25) is 0 Å². The van der Waals surface area contributed by atoms with E-state index in [0.29, 0.717) is 34.2 Å². The van der Waals surface area contributed by atoms with Crippen LogP contribution in [0.25, 0.3) is 0 Å². The molecule has 4 aromatic carbocycles. The summed E-state index contributed by atoms with van der Waals surface area (Å²) in [6.45, 7) is -0.446. The number of nitrogens with one attached hydrogen (secondary N) is 2. The van der Waals surface area contributed by atoms with Crippen molar-refractivity contribution >= 4 is 77.3 Å². The van der Waals surface area contributed by atoms with Crippen molar-refractivity contribution < 1.29 is 35.9 Å². The van der Waals surface area contributed by atoms with Crippen LogP contribution < -0.4 is 28.7 Å². The van der Waals surface area contributed by atoms with Crippen LogP contribution in [0, 0.1) is 0 Å². The first-order valence-corrected chi connectivity index (χ1v) is 23.8. The highest BCUT2D eigenvalue weighted by Crippen LogP contribution is 2.45. The van der Waals surface area contributed by atoms with Gasteiger partial charge >= 0.3 is 0 Å². The standard InChI is InChI=1S/C44H44N4O8S4/c1-47(59(51,52)42-8-6-28-57-42)36-18-22-38(23-19-36)55-30-40(49)45-34-14-10-32(11-15-34)44(26-4-3-5-27-44)33-12-16-35(17-13-33)46-41(50)31-56-39-24-20-37(21-25-39)48(2)60(53,54)43-9-7-29-58-43/h6-25,28-29H,3-5,26-27,30-31H2,1-2H3,(H,45,49)(H,46,50). The molecule has 0 aliphatic heterocycles. The fourth-order valence-corrected chi connectivity index (χ4v) is 11.9. The van der Waals surface area contributed by atoms with E-state index in [1.54, 1.807) is 83.6 Å². The van der Waals surface area contributed by atoms with E-state index >= 15 is 0 Å². The topological polar surface area (TPSA) is 151 Å². The largest absolute Gasteiger partial charge is 0.484 e. The van der Waals surface area contributed by atoms with Crippen LogP contribution in [0.3, 0.4) is 0 Å². The van der Waals surface area contributed by atoms with E-state index in [2.05, 4.69) is 34.9 Å². The third-order valence-electron chi connectivity index (χ3n) is 10.5. The number of hydrogen-bond donors (Lipinski definition) is 2. The Hall–Kier alpha value is -5.68. The predicted octanol–water partition coefficient (Wildman–Crippen LogP) is 8.75. The predicted molar refractivity (Wildman–Crippen MR) is 238 cm³/mol. The summed E-state index contributed by atoms with van der Waals surface area (Å²) in [5.41, 5.74) is 4.29. The quantitative estimate of drug-likeness (QED) is 0.0980. The van der Waals surface area contributed by atoms with Gasteiger partial charge in [-0.25, -0.2) is 16.8 Å². The number of ether oxygens (including phenoxy) is 2. The summed E-state index contributed by atoms with van der Waals surface area (Å²) in [7, 11) is -4.33. The SMILES string of the molecule is CN(c1ccc(OCC(=O)Nc2ccc(C3(c4ccc(NC(=O)COc5ccc(N(C)S(=O)(=O)c6cccs6)cc5)cc4)CCCCC3)cc2)cc1)S(=O)(=O)c1cccs1. The van der Waals surface area contributed by atoms with E-state index in [4.69, 9.17) is 9.47 Å². The summed E-state index contributed by atoms with van der Waals surface area (Å²) in [5, 5.41) is 9.23. The molecule has 0 saturated heterocycles. The number of carbonyl (C=O) groups excluding carboxylic acids is 2. The van der Waals surface area contributed by atoms with Gasteiger partial charge in [-0.2, -0.15) is 0 Å². The Morgan fingerprint density at radius 2 is 0.950 bits per heavy atom. The molecule has 60 heavy (non-hydrogen) atoms. The lowest BCUT2D eigenvalue weighted by Crippen LogP contribution is -2.30. The van der Waals surface area contributed by atoms with Crippen LogP contribution in [0.1, 0.15) is 43.2 Å². The summed E-state index contributed by atoms with van der Waals surface area (Å²) in [4.78, 5) is 25.7. The average molecular weight is 885 g/mol. The van der Waals surface area contributed by atoms with Gasteiger partial charge in [0.05, 0.1) is 11.4 Å². The molecule has 2 N–H and O–H groups in total. The molecule has 0 bridgehead atoms. The molecule has 1 aliphatic carbocycles. The van der Waals surface area contributed by atoms with Crippen LogP contribution in [0.15, 0.2) is 141 Å². The molecule has 2 aromatic heterocycles. The summed E-state index contributed by atoms with van der Waals surface area (Å²) in [6.07, 6.45) is 5.25. The van der Waals surface area contributed by atoms with Crippen LogP contribution in [0.4, 0.5) is 22.7 Å². The van der Waals surface area contributed by atoms with E-state index in [0.717, 1.165) is 65.9 Å². The van der Waals surface area contributed by atoms with Crippen LogP contribution in [0.5, 0.6) is 11.5 Å². The van der Waals surface area contributed by atoms with Gasteiger partial charge in [-0.05, 0) is 120 Å². The first-order valence-electron chi connectivity index (χ1n) is 19.2. The minimum absolute atomic E-state index is 0.220. The number of sulfonamides is 2. The maximum Gasteiger partial charge on any atom is 0.273 e. The number of carbonyl (C=O) groups is 2. The van der Waals surface area contributed by atoms with Crippen LogP contribution >= 0.6 is 22.7 Å². The second-order valence-electron chi connectivity index (χ2n) is 14.3. The summed E-state index contributed by atoms with van der Waals surface area (Å²) in [5.74, 6) is 0.205. The number of rotatable bonds is 16. The van der Waals surface area contributed by atoms with Gasteiger partial charge in [-0.15, -0.1) is 22.7 Å². The molecule has 7 rings (SSSR count). The molecule has 12 nitrogen and oxygen atoms in total. The highest BCUT2D eigenvalue weighted by atomic mass is 32.3. The van der Waals surface area contributed by atoms with Crippen LogP contribution in [-0.2, 0) is 35.1 Å². The van der Waals surface area contributed by atoms with Crippen molar-refractivity contribution in [2.75, 3.05) is 46.6 Å². The molecule has 6 aromatic rings. The van der Waals surface area contributed by atoms with Gasteiger partial charge in [-0.1, -0.05) is 55.7 Å². The van der Waals surface area contributed by atoms with E-state index in [-0.39, 0.29) is 38.9 Å². The van der Waals surface area contributed by atoms with Crippen molar-refractivity contribution in [1.29, 1.82) is 0 Å². The van der Waals surface area contributed by atoms with Gasteiger partial charge in [-0.3, -0.25) is 18.2 Å². The number of nitrogens with zero attached hydrogens (tertiary/aromatic N) is 2. The normalized spacial score (nSPS) is 13.8. The van der Waals surface area contributed by atoms with Gasteiger partial charge < -0.3 is 20.1 Å². The Morgan fingerprint density at radius 1 is 0.567 bits per heavy atom. The molecular weight excluding hydrogens is 841 g/mol. The highest BCUT2D eigenvalue weighted by Gasteiger charge is 2.35. The maximum absolute atomic E-state index is 12.8. The molecule has 1 saturated carbocycles. The number of hydrogen-bond acceptors (Lipinski definition) is 10. The number of amides is 2. The molecule has 312 valence electrons. The smallest absolute Gasteiger partial charge is 0.273 e. The second kappa shape index (κ2) is 18.3. The number of benzene rings is 4. The molecular formula is C44H44N4O8S4. The Kier molecular flexibility index (Phi) is 12.9. The molecule has 1 aliphatic rings. The molecule has 2 heterocycles. The van der Waals surface area contributed by atoms with Gasteiger partial charge in [0.25, 0.3) is 31.9 Å². The summed E-state index contributed by atoms with van der Waals surface area (Å²) >= 11 is 2.31. The lowest BCUT2D eigenvalue weighted by atomic mass is 9.65. The third-order valence-corrected chi connectivity index (χ3v) is 16.8. The first-order chi connectivity index (χ1) is 28.8. The highest BCUT2D eigenvalue weighted by molar-refractivity contribution is 7.95. The van der Waals surface area contributed by atoms with E-state index < -0.39 is 20.0 Å². The average Bonchev–Trinajstić information content (AvgIpc) is 4.03. The molecule has 0 radical (unpaired) electrons. The molecule has 0 atom stereocenters. The van der Waals surface area contributed by atoms with Crippen molar-refractivity contribution in [1.82, 2.24) is 0 Å². The van der Waals surface area contributed by atoms with Gasteiger partial charge in [0.15, 0.2) is 13.2 Å². The minimum Gasteiger partial charge on any atom is -0.484 e. The summed E-state index contributed by atoms with van der Waals surface area (Å²) < 4.78 is 65.7. The Bertz CT molecular complexity index is 2420. The zero-order valence-corrected chi connectivity index (χ0v) is 36.2. The van der Waals surface area contributed by atoms with Crippen LogP contribution in [-0.4, -0.2) is 56.0 Å². The number of anilines is 4. The minimum atomic E-state index is -3.66. The van der Waals surface area contributed by atoms with Crippen molar-refractivity contribution in [3.8, 4) is 11.5 Å². The lowest BCUT2D eigenvalue weighted by molar-refractivity contribution is -0.118. The molecule has 2 amide bonds. The Morgan fingerprint density at radius 3 is 1.30 bits per heavy atom. The van der Waals surface area contributed by atoms with Gasteiger partial charge in [0, 0.05) is 30.9 Å². The Balaban J connectivity index is 0.911. The monoisotopic (exact) mass is 884 g/mol. The fourth-order valence-electron chi connectivity index (χ4n) is 7.21. The maximum atomic E-state index is 12.8. The van der Waals surface area contributed by atoms with E-state index in [1.807, 2.05) is 24.3 Å². The van der Waals surface area contributed by atoms with Gasteiger partial charge in [0.1, 0.15) is 19.9 Å². The summed E-state index contributed by atoms with van der Waals surface area (Å²) in [6, 6.07) is 35.4. The van der Waals surface area contributed by atoms with E-state index in [9.17, 15) is 26.4 Å². The fraction of sp³-hybridized carbons (Fsp3) is 0.227. The van der Waals surface area contributed by atoms with Crippen molar-refractivity contribution in [2.24, 2.45) is 0 Å². The lowest BCUT2D eigenvalue weighted by Gasteiger charge is -2.39.